The first-order chi connectivity index (χ1) is 15.9. The first kappa shape index (κ1) is 22.0. The Hall–Kier alpha value is -4.23. The minimum absolute atomic E-state index is 0.184. The van der Waals surface area contributed by atoms with Crippen molar-refractivity contribution in [3.8, 4) is 0 Å². The van der Waals surface area contributed by atoms with Crippen LogP contribution in [0.1, 0.15) is 26.3 Å². The van der Waals surface area contributed by atoms with E-state index in [1.807, 2.05) is 0 Å². The van der Waals surface area contributed by atoms with Crippen LogP contribution in [0.5, 0.6) is 0 Å². The molecule has 0 saturated carbocycles. The summed E-state index contributed by atoms with van der Waals surface area (Å²) < 4.78 is 10.1. The predicted molar refractivity (Wildman–Crippen MR) is 123 cm³/mol. The zero-order valence-corrected chi connectivity index (χ0v) is 17.8. The summed E-state index contributed by atoms with van der Waals surface area (Å²) in [6.45, 7) is -0.674. The first-order valence-electron chi connectivity index (χ1n) is 9.81. The highest BCUT2D eigenvalue weighted by Crippen LogP contribution is 2.24. The van der Waals surface area contributed by atoms with Gasteiger partial charge in [0.25, 0.3) is 5.91 Å². The van der Waals surface area contributed by atoms with Crippen molar-refractivity contribution >= 4 is 45.9 Å². The monoisotopic (exact) mass is 461 g/mol. The molecule has 8 heteroatoms. The molecule has 0 aliphatic heterocycles. The molecule has 0 fully saturated rings. The van der Waals surface area contributed by atoms with Gasteiger partial charge < -0.3 is 14.5 Å². The van der Waals surface area contributed by atoms with Crippen molar-refractivity contribution in [3.05, 3.63) is 111 Å². The molecule has 0 unspecified atom stereocenters. The Balaban J connectivity index is 1.48. The van der Waals surface area contributed by atoms with E-state index in [1.165, 1.54) is 24.3 Å². The van der Waals surface area contributed by atoms with Gasteiger partial charge in [0.1, 0.15) is 11.1 Å². The van der Waals surface area contributed by atoms with Crippen molar-refractivity contribution in [3.63, 3.8) is 0 Å². The van der Waals surface area contributed by atoms with E-state index in [-0.39, 0.29) is 22.6 Å². The van der Waals surface area contributed by atoms with Gasteiger partial charge in [-0.15, -0.1) is 0 Å². The third-order valence-electron chi connectivity index (χ3n) is 4.73. The Morgan fingerprint density at radius 2 is 1.61 bits per heavy atom. The lowest BCUT2D eigenvalue weighted by Crippen LogP contribution is -2.24. The van der Waals surface area contributed by atoms with Crippen LogP contribution in [0.15, 0.2) is 88.1 Å². The number of carbonyl (C=O) groups is 3. The molecule has 3 aromatic carbocycles. The van der Waals surface area contributed by atoms with Crippen LogP contribution in [0.25, 0.3) is 11.0 Å². The van der Waals surface area contributed by atoms with Crippen molar-refractivity contribution in [2.75, 3.05) is 11.9 Å². The van der Waals surface area contributed by atoms with E-state index in [0.717, 1.165) is 0 Å². The quantitative estimate of drug-likeness (QED) is 0.258. The summed E-state index contributed by atoms with van der Waals surface area (Å²) in [6.07, 6.45) is 0. The van der Waals surface area contributed by atoms with E-state index < -0.39 is 24.1 Å². The van der Waals surface area contributed by atoms with Crippen LogP contribution >= 0.6 is 11.6 Å². The van der Waals surface area contributed by atoms with Crippen LogP contribution in [0, 0.1) is 0 Å². The normalized spacial score (nSPS) is 10.6. The molecule has 0 atom stereocenters. The molecule has 0 bridgehead atoms. The van der Waals surface area contributed by atoms with Gasteiger partial charge in [-0.3, -0.25) is 9.59 Å². The number of esters is 1. The maximum absolute atomic E-state index is 12.9. The fourth-order valence-corrected chi connectivity index (χ4v) is 3.33. The largest absolute Gasteiger partial charge is 0.452 e. The van der Waals surface area contributed by atoms with E-state index >= 15 is 0 Å². The zero-order chi connectivity index (χ0) is 23.4. The predicted octanol–water partition coefficient (Wildman–Crippen LogP) is 4.47. The lowest BCUT2D eigenvalue weighted by atomic mass is 10.0. The first-order valence-corrected chi connectivity index (χ1v) is 10.2. The van der Waals surface area contributed by atoms with Crippen LogP contribution < -0.4 is 10.9 Å². The second-order valence-electron chi connectivity index (χ2n) is 6.99. The number of benzene rings is 3. The molecule has 33 heavy (non-hydrogen) atoms. The maximum atomic E-state index is 12.9. The number of fused-ring (bicyclic) bond motifs is 1. The van der Waals surface area contributed by atoms with Gasteiger partial charge in [0.2, 0.25) is 0 Å². The number of carbonyl (C=O) groups excluding carboxylic acids is 3. The molecule has 1 amide bonds. The number of hydrogen-bond acceptors (Lipinski definition) is 6. The van der Waals surface area contributed by atoms with E-state index in [4.69, 9.17) is 20.8 Å². The highest BCUT2D eigenvalue weighted by atomic mass is 35.5. The van der Waals surface area contributed by atoms with Crippen molar-refractivity contribution in [2.24, 2.45) is 0 Å². The van der Waals surface area contributed by atoms with Gasteiger partial charge in [-0.2, -0.15) is 0 Å². The molecule has 1 N–H and O–H groups in total. The summed E-state index contributed by atoms with van der Waals surface area (Å²) in [6, 6.07) is 21.0. The zero-order valence-electron chi connectivity index (χ0n) is 17.0. The lowest BCUT2D eigenvalue weighted by molar-refractivity contribution is -0.119. The van der Waals surface area contributed by atoms with Crippen molar-refractivity contribution in [1.82, 2.24) is 0 Å². The van der Waals surface area contributed by atoms with Gasteiger partial charge >= 0.3 is 11.6 Å². The summed E-state index contributed by atoms with van der Waals surface area (Å²) in [5.74, 6) is -2.03. The topological polar surface area (TPSA) is 103 Å². The number of halogens is 1. The Labute approximate surface area is 192 Å². The molecule has 1 heterocycles. The fraction of sp³-hybridized carbons (Fsp3) is 0.0400. The molecule has 0 aliphatic rings. The number of ether oxygens (including phenoxy) is 1. The highest BCUT2D eigenvalue weighted by Gasteiger charge is 2.19. The highest BCUT2D eigenvalue weighted by molar-refractivity contribution is 6.31. The molecule has 7 nitrogen and oxygen atoms in total. The van der Waals surface area contributed by atoms with Gasteiger partial charge in [0.15, 0.2) is 12.4 Å². The smallest absolute Gasteiger partial charge is 0.351 e. The Kier molecular flexibility index (Phi) is 6.33. The van der Waals surface area contributed by atoms with Gasteiger partial charge in [-0.1, -0.05) is 60.1 Å². The van der Waals surface area contributed by atoms with Crippen LogP contribution in [0.4, 0.5) is 5.69 Å². The molecular formula is C25H16ClNO6. The number of hydrogen-bond donors (Lipinski definition) is 1. The summed E-state index contributed by atoms with van der Waals surface area (Å²) in [5.41, 5.74) is -0.0524. The lowest BCUT2D eigenvalue weighted by Gasteiger charge is -2.11. The van der Waals surface area contributed by atoms with Crippen molar-refractivity contribution < 1.29 is 23.5 Å². The summed E-state index contributed by atoms with van der Waals surface area (Å²) in [4.78, 5) is 49.7. The van der Waals surface area contributed by atoms with E-state index in [0.29, 0.717) is 21.6 Å². The molecule has 4 aromatic rings. The average molecular weight is 462 g/mol. The summed E-state index contributed by atoms with van der Waals surface area (Å²) in [5, 5.41) is 3.40. The standard InChI is InChI=1S/C25H16ClNO6/c26-17-10-11-20(18(13-17)23(29)15-6-2-1-3-7-15)27-22(28)14-32-24(30)19-12-16-8-4-5-9-21(16)33-25(19)31/h1-13H,14H2,(H,27,28). The minimum Gasteiger partial charge on any atom is -0.452 e. The third kappa shape index (κ3) is 4.99. The minimum atomic E-state index is -0.999. The number of anilines is 1. The third-order valence-corrected chi connectivity index (χ3v) is 4.97. The summed E-state index contributed by atoms with van der Waals surface area (Å²) in [7, 11) is 0. The number of nitrogens with one attached hydrogen (secondary N) is 1. The Morgan fingerprint density at radius 3 is 2.39 bits per heavy atom. The summed E-state index contributed by atoms with van der Waals surface area (Å²) >= 11 is 6.04. The molecule has 1 aromatic heterocycles. The Morgan fingerprint density at radius 1 is 0.879 bits per heavy atom. The second kappa shape index (κ2) is 9.50. The molecule has 164 valence electrons. The van der Waals surface area contributed by atoms with Crippen LogP contribution in [-0.4, -0.2) is 24.3 Å². The number of para-hydroxylation sites is 1. The molecule has 0 aliphatic carbocycles. The second-order valence-corrected chi connectivity index (χ2v) is 7.43. The molecular weight excluding hydrogens is 446 g/mol. The van der Waals surface area contributed by atoms with E-state index in [1.54, 1.807) is 54.6 Å². The average Bonchev–Trinajstić information content (AvgIpc) is 2.83. The Bertz CT molecular complexity index is 1430. The molecule has 0 spiro atoms. The molecule has 0 radical (unpaired) electrons. The van der Waals surface area contributed by atoms with E-state index in [2.05, 4.69) is 5.32 Å². The van der Waals surface area contributed by atoms with Crippen LogP contribution in [0.3, 0.4) is 0 Å². The van der Waals surface area contributed by atoms with Gasteiger partial charge in [-0.05, 0) is 30.3 Å². The van der Waals surface area contributed by atoms with Crippen molar-refractivity contribution in [1.29, 1.82) is 0 Å². The molecule has 0 saturated heterocycles. The van der Waals surface area contributed by atoms with Gasteiger partial charge in [0.05, 0.1) is 5.69 Å². The SMILES string of the molecule is O=C(COC(=O)c1cc2ccccc2oc1=O)Nc1ccc(Cl)cc1C(=O)c1ccccc1. The number of rotatable bonds is 6. The number of amides is 1. The van der Waals surface area contributed by atoms with Crippen LogP contribution in [0.2, 0.25) is 5.02 Å². The van der Waals surface area contributed by atoms with Crippen molar-refractivity contribution in [2.45, 2.75) is 0 Å². The molecule has 4 rings (SSSR count). The van der Waals surface area contributed by atoms with Gasteiger partial charge in [-0.25, -0.2) is 9.59 Å². The maximum Gasteiger partial charge on any atom is 0.351 e. The number of ketones is 1. The van der Waals surface area contributed by atoms with Crippen LogP contribution in [-0.2, 0) is 9.53 Å². The van der Waals surface area contributed by atoms with E-state index in [9.17, 15) is 19.2 Å². The van der Waals surface area contributed by atoms with Gasteiger partial charge in [0, 0.05) is 21.5 Å². The fourth-order valence-electron chi connectivity index (χ4n) is 3.16.